The smallest absolute Gasteiger partial charge is 0.0707 e. The van der Waals surface area contributed by atoms with Gasteiger partial charge in [0.2, 0.25) is 0 Å². The highest BCUT2D eigenvalue weighted by Gasteiger charge is 2.63. The molecule has 4 saturated carbocycles. The Hall–Kier alpha value is -6.44. The first-order chi connectivity index (χ1) is 31.0. The van der Waals surface area contributed by atoms with E-state index in [1.807, 2.05) is 0 Å². The fourth-order valence-electron chi connectivity index (χ4n) is 14.6. The lowest BCUT2D eigenvalue weighted by Crippen LogP contribution is -2.59. The number of para-hydroxylation sites is 1. The first-order valence-corrected chi connectivity index (χ1v) is 23.5. The molecule has 0 unspecified atom stereocenters. The Balaban J connectivity index is 1.12. The molecule has 0 aliphatic heterocycles. The van der Waals surface area contributed by atoms with Crippen LogP contribution in [-0.4, -0.2) is 0 Å². The van der Waals surface area contributed by atoms with Gasteiger partial charge in [0.15, 0.2) is 0 Å². The zero-order chi connectivity index (χ0) is 41.9. The van der Waals surface area contributed by atoms with Crippen LogP contribution in [0.1, 0.15) is 90.5 Å². The van der Waals surface area contributed by atoms with Crippen molar-refractivity contribution in [1.29, 1.82) is 0 Å². The van der Waals surface area contributed by atoms with Crippen LogP contribution in [0.2, 0.25) is 0 Å². The summed E-state index contributed by atoms with van der Waals surface area (Å²) in [6.07, 6.45) is 6.75. The van der Waals surface area contributed by atoms with Crippen molar-refractivity contribution in [3.05, 3.63) is 245 Å². The normalized spacial score (nSPS) is 23.7. The first kappa shape index (κ1) is 37.1. The second-order valence-electron chi connectivity index (χ2n) is 20.1. The fraction of sp³-hybridized carbons (Fsp3) is 0.226. The molecule has 4 fully saturated rings. The molecular formula is C62H53N. The van der Waals surface area contributed by atoms with Crippen molar-refractivity contribution in [3.8, 4) is 22.3 Å². The lowest BCUT2D eigenvalue weighted by Gasteiger charge is -2.65. The van der Waals surface area contributed by atoms with Crippen LogP contribution in [0.3, 0.4) is 0 Å². The maximum Gasteiger partial charge on any atom is 0.0707 e. The predicted octanol–water partition coefficient (Wildman–Crippen LogP) is 15.6. The van der Waals surface area contributed by atoms with Gasteiger partial charge in [-0.2, -0.15) is 0 Å². The van der Waals surface area contributed by atoms with Crippen LogP contribution in [-0.2, 0) is 16.2 Å². The van der Waals surface area contributed by atoms with Crippen molar-refractivity contribution < 1.29 is 0 Å². The van der Waals surface area contributed by atoms with E-state index in [4.69, 9.17) is 0 Å². The molecular weight excluding hydrogens is 759 g/mol. The monoisotopic (exact) mass is 811 g/mol. The number of hydrogen-bond donors (Lipinski definition) is 0. The summed E-state index contributed by atoms with van der Waals surface area (Å²) in [7, 11) is 0. The molecule has 14 rings (SSSR count). The second-order valence-corrected chi connectivity index (χ2v) is 20.1. The summed E-state index contributed by atoms with van der Waals surface area (Å²) in [6, 6.07) is 76.9. The van der Waals surface area contributed by atoms with E-state index in [0.717, 1.165) is 11.8 Å². The molecule has 0 heterocycles. The Labute approximate surface area is 373 Å². The Kier molecular flexibility index (Phi) is 8.12. The molecule has 306 valence electrons. The molecule has 1 heteroatoms. The zero-order valence-corrected chi connectivity index (χ0v) is 36.3. The van der Waals surface area contributed by atoms with Crippen LogP contribution in [0, 0.1) is 23.7 Å². The van der Waals surface area contributed by atoms with E-state index in [9.17, 15) is 0 Å². The van der Waals surface area contributed by atoms with E-state index in [-0.39, 0.29) is 10.8 Å². The van der Waals surface area contributed by atoms with Gasteiger partial charge >= 0.3 is 0 Å². The highest BCUT2D eigenvalue weighted by atomic mass is 15.1. The highest BCUT2D eigenvalue weighted by Crippen LogP contribution is 2.70. The second kappa shape index (κ2) is 13.8. The number of nitrogens with zero attached hydrogens (tertiary/aromatic N) is 1. The quantitative estimate of drug-likeness (QED) is 0.162. The summed E-state index contributed by atoms with van der Waals surface area (Å²) in [5, 5.41) is 0. The molecule has 0 aromatic heterocycles. The first-order valence-electron chi connectivity index (χ1n) is 23.5. The predicted molar refractivity (Wildman–Crippen MR) is 260 cm³/mol. The van der Waals surface area contributed by atoms with E-state index in [1.54, 1.807) is 11.1 Å². The molecule has 1 spiro atoms. The van der Waals surface area contributed by atoms with Crippen molar-refractivity contribution >= 4 is 17.1 Å². The third kappa shape index (κ3) is 5.11. The number of anilines is 3. The summed E-state index contributed by atoms with van der Waals surface area (Å²) >= 11 is 0. The van der Waals surface area contributed by atoms with Crippen LogP contribution in [0.4, 0.5) is 17.1 Å². The fourth-order valence-corrected chi connectivity index (χ4v) is 14.6. The topological polar surface area (TPSA) is 3.24 Å². The molecule has 8 aromatic rings. The summed E-state index contributed by atoms with van der Waals surface area (Å²) in [4.78, 5) is 2.61. The molecule has 1 nitrogen and oxygen atoms in total. The van der Waals surface area contributed by atoms with Gasteiger partial charge in [0, 0.05) is 27.8 Å². The average Bonchev–Trinajstić information content (AvgIpc) is 3.56. The van der Waals surface area contributed by atoms with E-state index in [1.165, 1.54) is 105 Å². The van der Waals surface area contributed by atoms with Crippen molar-refractivity contribution in [2.75, 3.05) is 4.90 Å². The maximum atomic E-state index is 2.71. The van der Waals surface area contributed by atoms with Gasteiger partial charge in [-0.3, -0.25) is 0 Å². The molecule has 6 aliphatic carbocycles. The largest absolute Gasteiger partial charge is 0.310 e. The lowest BCUT2D eigenvalue weighted by molar-refractivity contribution is -0.0440. The Bertz CT molecular complexity index is 2980. The Morgan fingerprint density at radius 2 is 0.857 bits per heavy atom. The third-order valence-corrected chi connectivity index (χ3v) is 16.8. The molecule has 4 bridgehead atoms. The van der Waals surface area contributed by atoms with Gasteiger partial charge in [-0.25, -0.2) is 0 Å². The molecule has 0 atom stereocenters. The molecule has 8 aromatic carbocycles. The van der Waals surface area contributed by atoms with Crippen molar-refractivity contribution in [3.63, 3.8) is 0 Å². The van der Waals surface area contributed by atoms with Crippen LogP contribution in [0.5, 0.6) is 0 Å². The van der Waals surface area contributed by atoms with Crippen molar-refractivity contribution in [2.45, 2.75) is 62.2 Å². The minimum absolute atomic E-state index is 0.0748. The van der Waals surface area contributed by atoms with E-state index < -0.39 is 5.41 Å². The molecule has 63 heavy (non-hydrogen) atoms. The molecule has 0 amide bonds. The number of fused-ring (bicyclic) bond motifs is 5. The van der Waals surface area contributed by atoms with Crippen LogP contribution < -0.4 is 4.90 Å². The van der Waals surface area contributed by atoms with Crippen molar-refractivity contribution in [2.24, 2.45) is 23.7 Å². The number of hydrogen-bond acceptors (Lipinski definition) is 1. The highest BCUT2D eigenvalue weighted by molar-refractivity contribution is 5.91. The molecule has 0 saturated heterocycles. The van der Waals surface area contributed by atoms with Gasteiger partial charge in [-0.05, 0) is 147 Å². The third-order valence-electron chi connectivity index (χ3n) is 16.8. The van der Waals surface area contributed by atoms with Crippen LogP contribution >= 0.6 is 0 Å². The lowest BCUT2D eigenvalue weighted by atomic mass is 9.38. The Morgan fingerprint density at radius 3 is 1.51 bits per heavy atom. The minimum atomic E-state index is -0.483. The molecule has 0 N–H and O–H groups in total. The van der Waals surface area contributed by atoms with Gasteiger partial charge in [0.05, 0.1) is 11.1 Å². The van der Waals surface area contributed by atoms with Gasteiger partial charge in [0.25, 0.3) is 0 Å². The summed E-state index contributed by atoms with van der Waals surface area (Å²) in [5.41, 5.74) is 19.6. The van der Waals surface area contributed by atoms with Gasteiger partial charge in [-0.15, -0.1) is 0 Å². The van der Waals surface area contributed by atoms with E-state index in [2.05, 4.69) is 219 Å². The van der Waals surface area contributed by atoms with Crippen molar-refractivity contribution in [1.82, 2.24) is 0 Å². The molecule has 0 radical (unpaired) electrons. The van der Waals surface area contributed by atoms with Crippen LogP contribution in [0.25, 0.3) is 22.3 Å². The SMILES string of the molecule is CC1(C)c2ccccc2-c2ccc(N(c3ccc4c(c3)C3(c5ccccc5C4(c4ccccc4)c4ccccc4)C4CC5CC(C4)CC3C5)c3ccccc3-c3ccccc3)cc21. The average molecular weight is 812 g/mol. The van der Waals surface area contributed by atoms with E-state index in [0.29, 0.717) is 11.8 Å². The van der Waals surface area contributed by atoms with Crippen LogP contribution in [0.15, 0.2) is 200 Å². The zero-order valence-electron chi connectivity index (χ0n) is 36.3. The summed E-state index contributed by atoms with van der Waals surface area (Å²) in [6.45, 7) is 4.81. The number of rotatable bonds is 6. The minimum Gasteiger partial charge on any atom is -0.310 e. The van der Waals surface area contributed by atoms with Gasteiger partial charge < -0.3 is 4.90 Å². The Morgan fingerprint density at radius 1 is 0.381 bits per heavy atom. The number of benzene rings is 8. The van der Waals surface area contributed by atoms with Gasteiger partial charge in [0.1, 0.15) is 0 Å². The maximum absolute atomic E-state index is 2.71. The van der Waals surface area contributed by atoms with Gasteiger partial charge in [-0.1, -0.05) is 184 Å². The van der Waals surface area contributed by atoms with E-state index >= 15 is 0 Å². The summed E-state index contributed by atoms with van der Waals surface area (Å²) < 4.78 is 0. The standard InChI is InChI=1S/C62H53N/c1-60(2)53-26-14-12-25-51(53)52-32-30-48(39-57(52)60)63(59-29-17-13-24-50(59)43-18-6-3-7-19-43)49-31-33-56-58(40-49)62(46-35-41-34-42(37-46)38-47(62)36-41)55-28-16-15-27-54(55)61(56,44-20-8-4-9-21-44)45-22-10-5-11-23-45/h3-33,39-42,46-47H,34-38H2,1-2H3. The molecule has 6 aliphatic rings. The summed E-state index contributed by atoms with van der Waals surface area (Å²) in [5.74, 6) is 2.91.